The van der Waals surface area contributed by atoms with E-state index in [-0.39, 0.29) is 24.3 Å². The summed E-state index contributed by atoms with van der Waals surface area (Å²) in [6, 6.07) is 3.06. The van der Waals surface area contributed by atoms with Gasteiger partial charge in [0.25, 0.3) is 5.91 Å². The van der Waals surface area contributed by atoms with Gasteiger partial charge in [-0.3, -0.25) is 14.5 Å². The first-order chi connectivity index (χ1) is 11.0. The number of anilines is 1. The molecule has 2 heterocycles. The van der Waals surface area contributed by atoms with Crippen LogP contribution in [0.1, 0.15) is 31.2 Å². The molecule has 0 aromatic heterocycles. The summed E-state index contributed by atoms with van der Waals surface area (Å²) in [4.78, 5) is 28.8. The van der Waals surface area contributed by atoms with Crippen LogP contribution in [-0.4, -0.2) is 43.0 Å². The highest BCUT2D eigenvalue weighted by atomic mass is 35.5. The van der Waals surface area contributed by atoms with Crippen LogP contribution < -0.4 is 9.64 Å². The molecule has 1 aromatic rings. The van der Waals surface area contributed by atoms with Crippen LogP contribution in [0.25, 0.3) is 0 Å². The number of hydrogen-bond acceptors (Lipinski definition) is 4. The molecule has 1 aromatic carbocycles. The Labute approximate surface area is 141 Å². The van der Waals surface area contributed by atoms with Crippen molar-refractivity contribution in [2.75, 3.05) is 25.1 Å². The zero-order chi connectivity index (χ0) is 16.6. The predicted octanol–water partition coefficient (Wildman–Crippen LogP) is 2.77. The van der Waals surface area contributed by atoms with Gasteiger partial charge in [-0.25, -0.2) is 4.90 Å². The molecule has 3 rings (SSSR count). The van der Waals surface area contributed by atoms with Gasteiger partial charge in [0.1, 0.15) is 5.75 Å². The fourth-order valence-electron chi connectivity index (χ4n) is 3.37. The minimum atomic E-state index is -0.344. The van der Waals surface area contributed by atoms with E-state index in [9.17, 15) is 9.59 Å². The van der Waals surface area contributed by atoms with Crippen molar-refractivity contribution >= 4 is 29.1 Å². The first-order valence-corrected chi connectivity index (χ1v) is 8.35. The van der Waals surface area contributed by atoms with Crippen molar-refractivity contribution in [1.82, 2.24) is 4.90 Å². The molecule has 0 saturated carbocycles. The van der Waals surface area contributed by atoms with Crippen molar-refractivity contribution in [3.63, 3.8) is 0 Å². The van der Waals surface area contributed by atoms with E-state index >= 15 is 0 Å². The molecule has 1 unspecified atom stereocenters. The van der Waals surface area contributed by atoms with Crippen molar-refractivity contribution in [3.05, 3.63) is 22.7 Å². The lowest BCUT2D eigenvalue weighted by molar-refractivity contribution is -0.123. The topological polar surface area (TPSA) is 49.9 Å². The van der Waals surface area contributed by atoms with Crippen molar-refractivity contribution in [3.8, 4) is 5.75 Å². The quantitative estimate of drug-likeness (QED) is 0.796. The molecule has 23 heavy (non-hydrogen) atoms. The van der Waals surface area contributed by atoms with Gasteiger partial charge in [0.05, 0.1) is 25.3 Å². The van der Waals surface area contributed by atoms with Gasteiger partial charge in [-0.1, -0.05) is 18.0 Å². The van der Waals surface area contributed by atoms with Gasteiger partial charge in [0, 0.05) is 11.1 Å². The van der Waals surface area contributed by atoms with Gasteiger partial charge in [0.15, 0.2) is 0 Å². The molecule has 0 radical (unpaired) electrons. The van der Waals surface area contributed by atoms with Gasteiger partial charge in [-0.05, 0) is 44.5 Å². The Morgan fingerprint density at radius 2 is 1.87 bits per heavy atom. The molecule has 2 aliphatic heterocycles. The van der Waals surface area contributed by atoms with Crippen LogP contribution >= 0.6 is 11.6 Å². The summed E-state index contributed by atoms with van der Waals surface area (Å²) in [6.45, 7) is 3.61. The number of halogens is 1. The SMILES string of the molecule is COc1cc(Cl)c(C)cc1N1C(=O)CC(N2CCCCC2)C1=O. The highest BCUT2D eigenvalue weighted by molar-refractivity contribution is 6.32. The number of imide groups is 1. The molecule has 6 heteroatoms. The summed E-state index contributed by atoms with van der Waals surface area (Å²) in [5.74, 6) is 0.115. The number of likely N-dealkylation sites (tertiary alicyclic amines) is 1. The molecule has 2 aliphatic rings. The summed E-state index contributed by atoms with van der Waals surface area (Å²) >= 11 is 6.12. The van der Waals surface area contributed by atoms with E-state index in [2.05, 4.69) is 4.90 Å². The van der Waals surface area contributed by atoms with Crippen LogP contribution in [0.2, 0.25) is 5.02 Å². The lowest BCUT2D eigenvalue weighted by Crippen LogP contribution is -2.44. The van der Waals surface area contributed by atoms with Gasteiger partial charge >= 0.3 is 0 Å². The smallest absolute Gasteiger partial charge is 0.251 e. The minimum Gasteiger partial charge on any atom is -0.495 e. The number of carbonyl (C=O) groups is 2. The maximum absolute atomic E-state index is 12.9. The normalized spacial score (nSPS) is 22.7. The number of rotatable bonds is 3. The summed E-state index contributed by atoms with van der Waals surface area (Å²) in [7, 11) is 1.51. The summed E-state index contributed by atoms with van der Waals surface area (Å²) in [6.07, 6.45) is 3.60. The standard InChI is InChI=1S/C17H21ClN2O3/c1-11-8-13(15(23-2)9-12(11)18)20-16(21)10-14(17(20)22)19-6-4-3-5-7-19/h8-9,14H,3-7,10H2,1-2H3. The third-order valence-corrected chi connectivity index (χ3v) is 5.06. The summed E-state index contributed by atoms with van der Waals surface area (Å²) < 4.78 is 5.33. The number of piperidine rings is 1. The molecular formula is C17H21ClN2O3. The number of carbonyl (C=O) groups excluding carboxylic acids is 2. The second-order valence-corrected chi connectivity index (χ2v) is 6.56. The molecule has 2 saturated heterocycles. The zero-order valence-corrected chi connectivity index (χ0v) is 14.2. The van der Waals surface area contributed by atoms with Gasteiger partial charge in [0.2, 0.25) is 5.91 Å². The first-order valence-electron chi connectivity index (χ1n) is 7.98. The van der Waals surface area contributed by atoms with E-state index in [0.717, 1.165) is 31.5 Å². The van der Waals surface area contributed by atoms with Crippen LogP contribution in [0.3, 0.4) is 0 Å². The van der Waals surface area contributed by atoms with E-state index < -0.39 is 0 Å². The average Bonchev–Trinajstić information content (AvgIpc) is 2.85. The average molecular weight is 337 g/mol. The number of amides is 2. The molecule has 124 valence electrons. The summed E-state index contributed by atoms with van der Waals surface area (Å²) in [5, 5.41) is 0.553. The largest absolute Gasteiger partial charge is 0.495 e. The van der Waals surface area contributed by atoms with Crippen molar-refractivity contribution in [2.45, 2.75) is 38.6 Å². The number of methoxy groups -OCH3 is 1. The minimum absolute atomic E-state index is 0.156. The Morgan fingerprint density at radius 1 is 1.17 bits per heavy atom. The molecule has 0 aliphatic carbocycles. The predicted molar refractivity (Wildman–Crippen MR) is 89.1 cm³/mol. The Kier molecular flexibility index (Phi) is 4.60. The van der Waals surface area contributed by atoms with E-state index in [4.69, 9.17) is 16.3 Å². The summed E-state index contributed by atoms with van der Waals surface area (Å²) in [5.41, 5.74) is 1.30. The number of aryl methyl sites for hydroxylation is 1. The van der Waals surface area contributed by atoms with Crippen molar-refractivity contribution in [1.29, 1.82) is 0 Å². The molecule has 5 nitrogen and oxygen atoms in total. The molecule has 0 spiro atoms. The van der Waals surface area contributed by atoms with E-state index in [1.165, 1.54) is 18.4 Å². The number of hydrogen-bond donors (Lipinski definition) is 0. The third kappa shape index (κ3) is 2.95. The van der Waals surface area contributed by atoms with Crippen molar-refractivity contribution < 1.29 is 14.3 Å². The van der Waals surface area contributed by atoms with Crippen LogP contribution in [0.15, 0.2) is 12.1 Å². The van der Waals surface area contributed by atoms with E-state index in [1.54, 1.807) is 12.1 Å². The molecular weight excluding hydrogens is 316 g/mol. The lowest BCUT2D eigenvalue weighted by Gasteiger charge is -2.30. The monoisotopic (exact) mass is 336 g/mol. The highest BCUT2D eigenvalue weighted by Gasteiger charge is 2.43. The van der Waals surface area contributed by atoms with E-state index in [1.807, 2.05) is 6.92 Å². The van der Waals surface area contributed by atoms with Gasteiger partial charge in [-0.2, -0.15) is 0 Å². The Balaban J connectivity index is 1.92. The maximum atomic E-state index is 12.9. The molecule has 0 N–H and O–H groups in total. The Hall–Kier alpha value is -1.59. The number of nitrogens with zero attached hydrogens (tertiary/aromatic N) is 2. The van der Waals surface area contributed by atoms with Gasteiger partial charge in [-0.15, -0.1) is 0 Å². The van der Waals surface area contributed by atoms with Crippen LogP contribution in [-0.2, 0) is 9.59 Å². The van der Waals surface area contributed by atoms with Crippen LogP contribution in [0.4, 0.5) is 5.69 Å². The molecule has 1 atom stereocenters. The number of ether oxygens (including phenoxy) is 1. The number of benzene rings is 1. The third-order valence-electron chi connectivity index (χ3n) is 4.66. The second kappa shape index (κ2) is 6.49. The van der Waals surface area contributed by atoms with Crippen LogP contribution in [0, 0.1) is 6.92 Å². The zero-order valence-electron chi connectivity index (χ0n) is 13.5. The second-order valence-electron chi connectivity index (χ2n) is 6.16. The molecule has 0 bridgehead atoms. The van der Waals surface area contributed by atoms with Crippen LogP contribution in [0.5, 0.6) is 5.75 Å². The van der Waals surface area contributed by atoms with Crippen molar-refractivity contribution in [2.24, 2.45) is 0 Å². The highest BCUT2D eigenvalue weighted by Crippen LogP contribution is 2.37. The Morgan fingerprint density at radius 3 is 2.52 bits per heavy atom. The van der Waals surface area contributed by atoms with E-state index in [0.29, 0.717) is 16.5 Å². The van der Waals surface area contributed by atoms with Gasteiger partial charge < -0.3 is 4.74 Å². The fraction of sp³-hybridized carbons (Fsp3) is 0.529. The molecule has 2 fully saturated rings. The fourth-order valence-corrected chi connectivity index (χ4v) is 3.52. The lowest BCUT2D eigenvalue weighted by atomic mass is 10.1. The first kappa shape index (κ1) is 16.3. The Bertz CT molecular complexity index is 641. The maximum Gasteiger partial charge on any atom is 0.251 e. The molecule has 2 amide bonds.